The third kappa shape index (κ3) is 3.33. The molecule has 4 N–H and O–H groups in total. The van der Waals surface area contributed by atoms with Gasteiger partial charge in [0.05, 0.1) is 5.02 Å². The van der Waals surface area contributed by atoms with E-state index in [1.165, 1.54) is 19.2 Å². The van der Waals surface area contributed by atoms with E-state index in [1.807, 2.05) is 0 Å². The second-order valence-electron chi connectivity index (χ2n) is 5.10. The number of halogens is 1. The smallest absolute Gasteiger partial charge is 0.160 e. The van der Waals surface area contributed by atoms with Crippen molar-refractivity contribution in [3.63, 3.8) is 0 Å². The lowest BCUT2D eigenvalue weighted by atomic mass is 10.2. The Morgan fingerprint density at radius 2 is 1.86 bits per heavy atom. The molecule has 110 valence electrons. The topological polar surface area (TPSA) is 88.8 Å². The maximum Gasteiger partial charge on any atom is 0.160 e. The predicted molar refractivity (Wildman–Crippen MR) is 84.9 cm³/mol. The number of hydrogen-bond acceptors (Lipinski definition) is 6. The molecule has 0 spiro atoms. The Hall–Kier alpha value is -2.08. The molecule has 0 unspecified atom stereocenters. The van der Waals surface area contributed by atoms with Gasteiger partial charge in [0.1, 0.15) is 17.8 Å². The summed E-state index contributed by atoms with van der Waals surface area (Å²) in [6, 6.07) is 3.98. The molecule has 2 aromatic heterocycles. The lowest BCUT2D eigenvalue weighted by Crippen LogP contribution is -2.17. The molecular weight excluding hydrogens is 288 g/mol. The maximum atomic E-state index is 6.14. The number of hydrogen-bond donors (Lipinski definition) is 3. The van der Waals surface area contributed by atoms with Crippen LogP contribution in [0.3, 0.4) is 0 Å². The fourth-order valence-electron chi connectivity index (χ4n) is 2.44. The zero-order chi connectivity index (χ0) is 14.7. The van der Waals surface area contributed by atoms with Gasteiger partial charge in [-0.05, 0) is 25.0 Å². The van der Waals surface area contributed by atoms with Crippen LogP contribution in [0.4, 0.5) is 23.1 Å². The van der Waals surface area contributed by atoms with Crippen molar-refractivity contribution >= 4 is 34.7 Å². The number of anilines is 4. The molecule has 1 saturated carbocycles. The zero-order valence-corrected chi connectivity index (χ0v) is 12.3. The van der Waals surface area contributed by atoms with E-state index in [-0.39, 0.29) is 0 Å². The van der Waals surface area contributed by atoms with E-state index in [1.54, 1.807) is 18.3 Å². The molecule has 1 aliphatic carbocycles. The lowest BCUT2D eigenvalue weighted by molar-refractivity contribution is 0.750. The van der Waals surface area contributed by atoms with E-state index < -0.39 is 0 Å². The minimum Gasteiger partial charge on any atom is -0.393 e. The standard InChI is InChI=1S/C14H17ClN6/c15-9-5-6-11(17-7-9)21-14-12(16)13(18-8-19-14)20-10-3-1-2-4-10/h5-8,10H,1-4,16H2,(H2,17,18,19,20,21). The summed E-state index contributed by atoms with van der Waals surface area (Å²) in [6.45, 7) is 0. The van der Waals surface area contributed by atoms with Gasteiger partial charge in [0.2, 0.25) is 0 Å². The normalized spacial score (nSPS) is 15.1. The van der Waals surface area contributed by atoms with Gasteiger partial charge in [-0.25, -0.2) is 15.0 Å². The Morgan fingerprint density at radius 1 is 1.10 bits per heavy atom. The summed E-state index contributed by atoms with van der Waals surface area (Å²) in [4.78, 5) is 12.6. The highest BCUT2D eigenvalue weighted by atomic mass is 35.5. The second-order valence-corrected chi connectivity index (χ2v) is 5.53. The summed E-state index contributed by atoms with van der Waals surface area (Å²) in [5, 5.41) is 7.05. The molecule has 2 heterocycles. The first-order valence-corrected chi connectivity index (χ1v) is 7.36. The summed E-state index contributed by atoms with van der Waals surface area (Å²) in [7, 11) is 0. The first kappa shape index (κ1) is 13.9. The van der Waals surface area contributed by atoms with Crippen molar-refractivity contribution in [1.82, 2.24) is 15.0 Å². The van der Waals surface area contributed by atoms with Crippen molar-refractivity contribution in [2.24, 2.45) is 0 Å². The van der Waals surface area contributed by atoms with Crippen LogP contribution in [-0.2, 0) is 0 Å². The molecule has 0 radical (unpaired) electrons. The van der Waals surface area contributed by atoms with Crippen LogP contribution in [0.15, 0.2) is 24.7 Å². The highest BCUT2D eigenvalue weighted by Gasteiger charge is 2.17. The van der Waals surface area contributed by atoms with Crippen molar-refractivity contribution in [3.05, 3.63) is 29.7 Å². The highest BCUT2D eigenvalue weighted by molar-refractivity contribution is 6.30. The fraction of sp³-hybridized carbons (Fsp3) is 0.357. The molecule has 0 aliphatic heterocycles. The van der Waals surface area contributed by atoms with Crippen LogP contribution in [-0.4, -0.2) is 21.0 Å². The van der Waals surface area contributed by atoms with Gasteiger partial charge in [-0.15, -0.1) is 0 Å². The van der Waals surface area contributed by atoms with Crippen molar-refractivity contribution in [2.45, 2.75) is 31.7 Å². The number of nitrogens with one attached hydrogen (secondary N) is 2. The van der Waals surface area contributed by atoms with E-state index in [4.69, 9.17) is 17.3 Å². The van der Waals surface area contributed by atoms with Crippen molar-refractivity contribution < 1.29 is 0 Å². The first-order chi connectivity index (χ1) is 10.2. The molecule has 0 amide bonds. The van der Waals surface area contributed by atoms with Gasteiger partial charge in [0, 0.05) is 12.2 Å². The van der Waals surface area contributed by atoms with Crippen LogP contribution >= 0.6 is 11.6 Å². The molecule has 0 saturated heterocycles. The van der Waals surface area contributed by atoms with Gasteiger partial charge in [-0.2, -0.15) is 0 Å². The maximum absolute atomic E-state index is 6.14. The molecule has 21 heavy (non-hydrogen) atoms. The van der Waals surface area contributed by atoms with E-state index >= 15 is 0 Å². The van der Waals surface area contributed by atoms with Crippen molar-refractivity contribution in [3.8, 4) is 0 Å². The molecule has 1 fully saturated rings. The molecule has 0 bridgehead atoms. The molecule has 2 aromatic rings. The molecule has 0 atom stereocenters. The summed E-state index contributed by atoms with van der Waals surface area (Å²) in [5.41, 5.74) is 6.64. The summed E-state index contributed by atoms with van der Waals surface area (Å²) in [6.07, 6.45) is 7.88. The quantitative estimate of drug-likeness (QED) is 0.804. The SMILES string of the molecule is Nc1c(Nc2ccc(Cl)cn2)ncnc1NC1CCCC1. The van der Waals surface area contributed by atoms with Gasteiger partial charge in [-0.3, -0.25) is 0 Å². The Kier molecular flexibility index (Phi) is 4.06. The third-order valence-electron chi connectivity index (χ3n) is 3.55. The number of nitrogen functional groups attached to an aromatic ring is 1. The number of pyridine rings is 1. The Morgan fingerprint density at radius 3 is 2.57 bits per heavy atom. The Labute approximate surface area is 128 Å². The number of rotatable bonds is 4. The molecule has 6 nitrogen and oxygen atoms in total. The average Bonchev–Trinajstić information content (AvgIpc) is 2.99. The number of aromatic nitrogens is 3. The van der Waals surface area contributed by atoms with Gasteiger partial charge in [0.15, 0.2) is 11.6 Å². The molecule has 1 aliphatic rings. The zero-order valence-electron chi connectivity index (χ0n) is 11.5. The van der Waals surface area contributed by atoms with Gasteiger partial charge in [-0.1, -0.05) is 24.4 Å². The third-order valence-corrected chi connectivity index (χ3v) is 3.78. The largest absolute Gasteiger partial charge is 0.393 e. The second kappa shape index (κ2) is 6.13. The first-order valence-electron chi connectivity index (χ1n) is 6.98. The lowest BCUT2D eigenvalue weighted by Gasteiger charge is -2.16. The minimum absolute atomic E-state index is 0.448. The summed E-state index contributed by atoms with van der Waals surface area (Å²) < 4.78 is 0. The van der Waals surface area contributed by atoms with Crippen LogP contribution in [0, 0.1) is 0 Å². The minimum atomic E-state index is 0.448. The molecular formula is C14H17ClN6. The predicted octanol–water partition coefficient (Wildman–Crippen LogP) is 3.21. The van der Waals surface area contributed by atoms with E-state index in [9.17, 15) is 0 Å². The van der Waals surface area contributed by atoms with Crippen molar-refractivity contribution in [1.29, 1.82) is 0 Å². The van der Waals surface area contributed by atoms with E-state index in [0.717, 1.165) is 12.8 Å². The molecule has 3 rings (SSSR count). The monoisotopic (exact) mass is 304 g/mol. The van der Waals surface area contributed by atoms with E-state index in [2.05, 4.69) is 25.6 Å². The van der Waals surface area contributed by atoms with Gasteiger partial charge >= 0.3 is 0 Å². The molecule has 7 heteroatoms. The van der Waals surface area contributed by atoms with Crippen LogP contribution in [0.1, 0.15) is 25.7 Å². The van der Waals surface area contributed by atoms with Crippen LogP contribution in [0.2, 0.25) is 5.02 Å². The summed E-state index contributed by atoms with van der Waals surface area (Å²) >= 11 is 5.82. The van der Waals surface area contributed by atoms with E-state index in [0.29, 0.717) is 34.2 Å². The van der Waals surface area contributed by atoms with Gasteiger partial charge < -0.3 is 16.4 Å². The average molecular weight is 305 g/mol. The Balaban J connectivity index is 1.77. The summed E-state index contributed by atoms with van der Waals surface area (Å²) in [5.74, 6) is 1.85. The van der Waals surface area contributed by atoms with Gasteiger partial charge in [0.25, 0.3) is 0 Å². The fourth-order valence-corrected chi connectivity index (χ4v) is 2.56. The van der Waals surface area contributed by atoms with Crippen LogP contribution in [0.5, 0.6) is 0 Å². The number of nitrogens with zero attached hydrogens (tertiary/aromatic N) is 3. The van der Waals surface area contributed by atoms with Crippen LogP contribution < -0.4 is 16.4 Å². The molecule has 0 aromatic carbocycles. The highest BCUT2D eigenvalue weighted by Crippen LogP contribution is 2.28. The number of nitrogens with two attached hydrogens (primary N) is 1. The van der Waals surface area contributed by atoms with Crippen molar-refractivity contribution in [2.75, 3.05) is 16.4 Å². The Bertz CT molecular complexity index is 609. The van der Waals surface area contributed by atoms with Crippen LogP contribution in [0.25, 0.3) is 0 Å².